The molecule has 0 atom stereocenters. The zero-order valence-electron chi connectivity index (χ0n) is 12.5. The molecule has 0 bridgehead atoms. The van der Waals surface area contributed by atoms with E-state index in [0.717, 1.165) is 30.4 Å². The minimum atomic E-state index is 0.197. The summed E-state index contributed by atoms with van der Waals surface area (Å²) in [5.41, 5.74) is 4.15. The van der Waals surface area contributed by atoms with E-state index in [-0.39, 0.29) is 6.79 Å². The third kappa shape index (κ3) is 4.17. The van der Waals surface area contributed by atoms with Crippen LogP contribution in [-0.4, -0.2) is 20.2 Å². The molecule has 110 valence electrons. The third-order valence-corrected chi connectivity index (χ3v) is 3.38. The van der Waals surface area contributed by atoms with Gasteiger partial charge in [-0.3, -0.25) is 4.79 Å². The summed E-state index contributed by atoms with van der Waals surface area (Å²) in [5.74, 6) is 0.752. The second-order valence-electron chi connectivity index (χ2n) is 4.88. The third-order valence-electron chi connectivity index (χ3n) is 3.38. The fraction of sp³-hybridized carbons (Fsp3) is 0.278. The lowest BCUT2D eigenvalue weighted by molar-refractivity contribution is 0.0505. The van der Waals surface area contributed by atoms with E-state index in [0.29, 0.717) is 5.56 Å². The smallest absolute Gasteiger partial charge is 0.188 e. The number of carbonyl (C=O) groups is 1. The summed E-state index contributed by atoms with van der Waals surface area (Å²) in [5, 5.41) is 0. The molecule has 0 aliphatic heterocycles. The first-order valence-corrected chi connectivity index (χ1v) is 7.04. The first kappa shape index (κ1) is 15.3. The van der Waals surface area contributed by atoms with Crippen molar-refractivity contribution < 1.29 is 14.3 Å². The van der Waals surface area contributed by atoms with Gasteiger partial charge in [0.2, 0.25) is 0 Å². The Kier molecular flexibility index (Phi) is 5.52. The summed E-state index contributed by atoms with van der Waals surface area (Å²) in [4.78, 5) is 11.0. The van der Waals surface area contributed by atoms with Gasteiger partial charge in [-0.15, -0.1) is 0 Å². The Morgan fingerprint density at radius 2 is 1.76 bits per heavy atom. The van der Waals surface area contributed by atoms with Crippen molar-refractivity contribution in [2.45, 2.75) is 19.8 Å². The molecule has 2 aromatic rings. The highest BCUT2D eigenvalue weighted by molar-refractivity contribution is 5.75. The van der Waals surface area contributed by atoms with Crippen LogP contribution >= 0.6 is 0 Å². The SMILES string of the molecule is CCc1ccc(Cc2cc(C=O)ccc2OCOC)cc1. The van der Waals surface area contributed by atoms with Gasteiger partial charge in [-0.2, -0.15) is 0 Å². The van der Waals surface area contributed by atoms with Crippen molar-refractivity contribution in [1.29, 1.82) is 0 Å². The van der Waals surface area contributed by atoms with Gasteiger partial charge in [0.1, 0.15) is 12.0 Å². The van der Waals surface area contributed by atoms with Gasteiger partial charge in [-0.25, -0.2) is 0 Å². The van der Waals surface area contributed by atoms with Crippen molar-refractivity contribution >= 4 is 6.29 Å². The fourth-order valence-corrected chi connectivity index (χ4v) is 2.19. The van der Waals surface area contributed by atoms with Crippen molar-refractivity contribution in [3.05, 3.63) is 64.7 Å². The molecule has 0 spiro atoms. The number of aldehydes is 1. The van der Waals surface area contributed by atoms with E-state index in [2.05, 4.69) is 31.2 Å². The highest BCUT2D eigenvalue weighted by atomic mass is 16.7. The largest absolute Gasteiger partial charge is 0.467 e. The summed E-state index contributed by atoms with van der Waals surface area (Å²) in [7, 11) is 1.59. The Morgan fingerprint density at radius 3 is 2.38 bits per heavy atom. The standard InChI is InChI=1S/C18H20O3/c1-3-14-4-6-15(7-5-14)10-17-11-16(12-19)8-9-18(17)21-13-20-2/h4-9,11-12H,3,10,13H2,1-2H3. The minimum Gasteiger partial charge on any atom is -0.467 e. The number of benzene rings is 2. The predicted octanol–water partition coefficient (Wildman–Crippen LogP) is 3.64. The molecule has 2 rings (SSSR count). The second kappa shape index (κ2) is 7.60. The van der Waals surface area contributed by atoms with Crippen LogP contribution in [0.1, 0.15) is 34.0 Å². The Bertz CT molecular complexity index is 588. The van der Waals surface area contributed by atoms with E-state index in [1.54, 1.807) is 13.2 Å². The molecule has 0 N–H and O–H groups in total. The molecule has 0 aromatic heterocycles. The van der Waals surface area contributed by atoms with Crippen molar-refractivity contribution in [2.75, 3.05) is 13.9 Å². The molecule has 2 aromatic carbocycles. The lowest BCUT2D eigenvalue weighted by atomic mass is 10.0. The number of methoxy groups -OCH3 is 1. The number of hydrogen-bond donors (Lipinski definition) is 0. The molecule has 0 aliphatic carbocycles. The normalized spacial score (nSPS) is 10.4. The molecule has 0 radical (unpaired) electrons. The maximum atomic E-state index is 11.0. The molecule has 3 nitrogen and oxygen atoms in total. The Morgan fingerprint density at radius 1 is 1.05 bits per heavy atom. The summed E-state index contributed by atoms with van der Waals surface area (Å²) >= 11 is 0. The molecule has 0 heterocycles. The quantitative estimate of drug-likeness (QED) is 0.575. The maximum absolute atomic E-state index is 11.0. The lowest BCUT2D eigenvalue weighted by Gasteiger charge is -2.12. The summed E-state index contributed by atoms with van der Waals surface area (Å²) in [6.45, 7) is 2.33. The molecule has 3 heteroatoms. The Labute approximate surface area is 125 Å². The molecule has 0 fully saturated rings. The van der Waals surface area contributed by atoms with Gasteiger partial charge in [0.25, 0.3) is 0 Å². The van der Waals surface area contributed by atoms with Gasteiger partial charge >= 0.3 is 0 Å². The second-order valence-corrected chi connectivity index (χ2v) is 4.88. The molecular weight excluding hydrogens is 264 g/mol. The molecule has 0 saturated carbocycles. The van der Waals surface area contributed by atoms with E-state index >= 15 is 0 Å². The predicted molar refractivity (Wildman–Crippen MR) is 83.0 cm³/mol. The van der Waals surface area contributed by atoms with Crippen LogP contribution in [0.15, 0.2) is 42.5 Å². The summed E-state index contributed by atoms with van der Waals surface area (Å²) in [6.07, 6.45) is 2.61. The number of carbonyl (C=O) groups excluding carboxylic acids is 1. The van der Waals surface area contributed by atoms with Crippen molar-refractivity contribution in [1.82, 2.24) is 0 Å². The molecule has 0 aliphatic rings. The maximum Gasteiger partial charge on any atom is 0.188 e. The van der Waals surface area contributed by atoms with Gasteiger partial charge in [-0.05, 0) is 41.3 Å². The van der Waals surface area contributed by atoms with Crippen molar-refractivity contribution in [3.8, 4) is 5.75 Å². The lowest BCUT2D eigenvalue weighted by Crippen LogP contribution is -2.03. The fourth-order valence-electron chi connectivity index (χ4n) is 2.19. The van der Waals surface area contributed by atoms with E-state index in [4.69, 9.17) is 9.47 Å². The highest BCUT2D eigenvalue weighted by Gasteiger charge is 2.07. The van der Waals surface area contributed by atoms with Gasteiger partial charge in [0.15, 0.2) is 6.79 Å². The average molecular weight is 284 g/mol. The van der Waals surface area contributed by atoms with Gasteiger partial charge in [0.05, 0.1) is 0 Å². The van der Waals surface area contributed by atoms with Crippen LogP contribution in [0, 0.1) is 0 Å². The van der Waals surface area contributed by atoms with E-state index in [1.165, 1.54) is 11.1 Å². The van der Waals surface area contributed by atoms with E-state index in [9.17, 15) is 4.79 Å². The number of hydrogen-bond acceptors (Lipinski definition) is 3. The first-order chi connectivity index (χ1) is 10.3. The molecular formula is C18H20O3. The van der Waals surface area contributed by atoms with E-state index in [1.807, 2.05) is 12.1 Å². The van der Waals surface area contributed by atoms with Crippen LogP contribution in [0.5, 0.6) is 5.75 Å². The monoisotopic (exact) mass is 284 g/mol. The van der Waals surface area contributed by atoms with Crippen LogP contribution in [0.25, 0.3) is 0 Å². The molecule has 0 saturated heterocycles. The minimum absolute atomic E-state index is 0.197. The number of ether oxygens (including phenoxy) is 2. The van der Waals surface area contributed by atoms with Crippen LogP contribution in [-0.2, 0) is 17.6 Å². The topological polar surface area (TPSA) is 35.5 Å². The van der Waals surface area contributed by atoms with E-state index < -0.39 is 0 Å². The van der Waals surface area contributed by atoms with Crippen LogP contribution in [0.3, 0.4) is 0 Å². The average Bonchev–Trinajstić information content (AvgIpc) is 2.54. The highest BCUT2D eigenvalue weighted by Crippen LogP contribution is 2.23. The van der Waals surface area contributed by atoms with Crippen molar-refractivity contribution in [2.24, 2.45) is 0 Å². The van der Waals surface area contributed by atoms with Crippen LogP contribution < -0.4 is 4.74 Å². The van der Waals surface area contributed by atoms with Crippen LogP contribution in [0.2, 0.25) is 0 Å². The zero-order valence-corrected chi connectivity index (χ0v) is 12.5. The summed E-state index contributed by atoms with van der Waals surface area (Å²) in [6, 6.07) is 13.9. The van der Waals surface area contributed by atoms with Crippen LogP contribution in [0.4, 0.5) is 0 Å². The molecule has 21 heavy (non-hydrogen) atoms. The van der Waals surface area contributed by atoms with Gasteiger partial charge in [-0.1, -0.05) is 31.2 Å². The summed E-state index contributed by atoms with van der Waals surface area (Å²) < 4.78 is 10.5. The number of rotatable bonds is 7. The van der Waals surface area contributed by atoms with Gasteiger partial charge < -0.3 is 9.47 Å². The number of aryl methyl sites for hydroxylation is 1. The Balaban J connectivity index is 2.24. The molecule has 0 amide bonds. The van der Waals surface area contributed by atoms with Crippen molar-refractivity contribution in [3.63, 3.8) is 0 Å². The van der Waals surface area contributed by atoms with Gasteiger partial charge in [0, 0.05) is 19.1 Å². The first-order valence-electron chi connectivity index (χ1n) is 7.04. The Hall–Kier alpha value is -2.13. The zero-order chi connectivity index (χ0) is 15.1. The molecule has 0 unspecified atom stereocenters.